The third kappa shape index (κ3) is 2.67. The number of nitrogens with zero attached hydrogens (tertiary/aromatic N) is 3. The standard InChI is InChI=1S/C18H11Cl2FN4O/c1-9-15(10-5-3-2-4-6-10)18-22-13(8-14(26)25(18)24-9)11-7-12(21)17(20)23-16(11)19/h2-8,22H,1H3. The van der Waals surface area contributed by atoms with Gasteiger partial charge >= 0.3 is 0 Å². The van der Waals surface area contributed by atoms with Crippen LogP contribution in [-0.4, -0.2) is 19.6 Å². The minimum absolute atomic E-state index is 0.00565. The Kier molecular flexibility index (Phi) is 4.01. The van der Waals surface area contributed by atoms with E-state index in [1.165, 1.54) is 10.6 Å². The van der Waals surface area contributed by atoms with Gasteiger partial charge in [-0.15, -0.1) is 0 Å². The Hall–Kier alpha value is -2.70. The number of aryl methyl sites for hydroxylation is 1. The molecular weight excluding hydrogens is 378 g/mol. The van der Waals surface area contributed by atoms with Crippen LogP contribution in [-0.2, 0) is 0 Å². The van der Waals surface area contributed by atoms with Crippen LogP contribution in [0.1, 0.15) is 5.69 Å². The molecule has 0 radical (unpaired) electrons. The number of halogens is 3. The Morgan fingerprint density at radius 2 is 1.85 bits per heavy atom. The third-order valence-electron chi connectivity index (χ3n) is 4.03. The Labute approximate surface area is 157 Å². The van der Waals surface area contributed by atoms with Crippen LogP contribution in [0.4, 0.5) is 4.39 Å². The summed E-state index contributed by atoms with van der Waals surface area (Å²) in [6, 6.07) is 12.0. The van der Waals surface area contributed by atoms with Crippen LogP contribution in [0.15, 0.2) is 47.3 Å². The van der Waals surface area contributed by atoms with Crippen LogP contribution in [0.2, 0.25) is 10.3 Å². The number of aromatic amines is 1. The molecule has 4 rings (SSSR count). The average molecular weight is 389 g/mol. The molecule has 0 atom stereocenters. The van der Waals surface area contributed by atoms with Gasteiger partial charge in [-0.1, -0.05) is 53.5 Å². The van der Waals surface area contributed by atoms with Gasteiger partial charge < -0.3 is 4.98 Å². The van der Waals surface area contributed by atoms with Crippen molar-refractivity contribution in [2.24, 2.45) is 0 Å². The summed E-state index contributed by atoms with van der Waals surface area (Å²) in [6.45, 7) is 1.82. The minimum atomic E-state index is -0.722. The molecule has 0 aliphatic carbocycles. The summed E-state index contributed by atoms with van der Waals surface area (Å²) in [4.78, 5) is 19.4. The summed E-state index contributed by atoms with van der Waals surface area (Å²) in [6.07, 6.45) is 0. The molecule has 3 heterocycles. The molecule has 0 aliphatic heterocycles. The van der Waals surface area contributed by atoms with Crippen LogP contribution < -0.4 is 5.56 Å². The molecule has 0 unspecified atom stereocenters. The topological polar surface area (TPSA) is 63.1 Å². The van der Waals surface area contributed by atoms with E-state index in [0.717, 1.165) is 17.2 Å². The number of hydrogen-bond donors (Lipinski definition) is 1. The Morgan fingerprint density at radius 1 is 1.12 bits per heavy atom. The number of nitrogens with one attached hydrogen (secondary N) is 1. The van der Waals surface area contributed by atoms with Gasteiger partial charge in [-0.3, -0.25) is 4.79 Å². The maximum Gasteiger partial charge on any atom is 0.274 e. The van der Waals surface area contributed by atoms with E-state index in [9.17, 15) is 9.18 Å². The highest BCUT2D eigenvalue weighted by Gasteiger charge is 2.17. The zero-order valence-corrected chi connectivity index (χ0v) is 14.9. The minimum Gasteiger partial charge on any atom is -0.339 e. The van der Waals surface area contributed by atoms with Gasteiger partial charge in [0.2, 0.25) is 0 Å². The van der Waals surface area contributed by atoms with E-state index in [1.54, 1.807) is 0 Å². The van der Waals surface area contributed by atoms with Crippen LogP contribution in [0.3, 0.4) is 0 Å². The molecule has 26 heavy (non-hydrogen) atoms. The molecule has 1 aromatic carbocycles. The van der Waals surface area contributed by atoms with E-state index >= 15 is 0 Å². The lowest BCUT2D eigenvalue weighted by Gasteiger charge is -2.07. The van der Waals surface area contributed by atoms with Crippen LogP contribution in [0.25, 0.3) is 28.0 Å². The lowest BCUT2D eigenvalue weighted by molar-refractivity contribution is 0.622. The second-order valence-electron chi connectivity index (χ2n) is 5.71. The SMILES string of the molecule is Cc1nn2c(=O)cc(-c3cc(F)c(Cl)nc3Cl)[nH]c2c1-c1ccccc1. The molecule has 130 valence electrons. The second kappa shape index (κ2) is 6.23. The maximum atomic E-state index is 13.8. The number of fused-ring (bicyclic) bond motifs is 1. The van der Waals surface area contributed by atoms with Crippen molar-refractivity contribution in [1.29, 1.82) is 0 Å². The van der Waals surface area contributed by atoms with Crippen LogP contribution in [0, 0.1) is 12.7 Å². The molecule has 0 saturated carbocycles. The summed E-state index contributed by atoms with van der Waals surface area (Å²) in [7, 11) is 0. The number of H-pyrrole nitrogens is 1. The van der Waals surface area contributed by atoms with Crippen molar-refractivity contribution in [1.82, 2.24) is 19.6 Å². The summed E-state index contributed by atoms with van der Waals surface area (Å²) in [5.41, 5.74) is 3.06. The molecule has 8 heteroatoms. The number of rotatable bonds is 2. The number of benzene rings is 1. The van der Waals surface area contributed by atoms with Crippen LogP contribution in [0.5, 0.6) is 0 Å². The normalized spacial score (nSPS) is 11.2. The van der Waals surface area contributed by atoms with Crippen molar-refractivity contribution < 1.29 is 4.39 Å². The van der Waals surface area contributed by atoms with E-state index in [0.29, 0.717) is 17.0 Å². The monoisotopic (exact) mass is 388 g/mol. The van der Waals surface area contributed by atoms with Crippen molar-refractivity contribution >= 4 is 28.8 Å². The molecule has 0 amide bonds. The highest BCUT2D eigenvalue weighted by atomic mass is 35.5. The molecular formula is C18H11Cl2FN4O. The molecule has 0 spiro atoms. The quantitative estimate of drug-likeness (QED) is 0.514. The van der Waals surface area contributed by atoms with Gasteiger partial charge in [0, 0.05) is 17.2 Å². The van der Waals surface area contributed by atoms with Crippen LogP contribution >= 0.6 is 23.2 Å². The van der Waals surface area contributed by atoms with Crippen molar-refractivity contribution in [2.45, 2.75) is 6.92 Å². The molecule has 3 aromatic heterocycles. The van der Waals surface area contributed by atoms with Gasteiger partial charge in [-0.25, -0.2) is 9.37 Å². The number of hydrogen-bond acceptors (Lipinski definition) is 3. The lowest BCUT2D eigenvalue weighted by atomic mass is 10.1. The van der Waals surface area contributed by atoms with E-state index < -0.39 is 5.82 Å². The molecule has 5 nitrogen and oxygen atoms in total. The first-order valence-corrected chi connectivity index (χ1v) is 8.41. The van der Waals surface area contributed by atoms with Gasteiger partial charge in [-0.2, -0.15) is 9.61 Å². The van der Waals surface area contributed by atoms with Gasteiger partial charge in [-0.05, 0) is 18.6 Å². The van der Waals surface area contributed by atoms with Gasteiger partial charge in [0.15, 0.2) is 11.0 Å². The third-order valence-corrected chi connectivity index (χ3v) is 4.58. The zero-order chi connectivity index (χ0) is 18.4. The number of pyridine rings is 1. The lowest BCUT2D eigenvalue weighted by Crippen LogP contribution is -2.14. The molecule has 0 aliphatic rings. The van der Waals surface area contributed by atoms with Crippen molar-refractivity contribution in [3.05, 3.63) is 74.6 Å². The summed E-state index contributed by atoms with van der Waals surface area (Å²) < 4.78 is 15.1. The predicted molar refractivity (Wildman–Crippen MR) is 99.2 cm³/mol. The van der Waals surface area contributed by atoms with E-state index in [4.69, 9.17) is 23.2 Å². The van der Waals surface area contributed by atoms with E-state index in [-0.39, 0.29) is 21.4 Å². The Morgan fingerprint density at radius 3 is 2.58 bits per heavy atom. The summed E-state index contributed by atoms with van der Waals surface area (Å²) >= 11 is 11.7. The van der Waals surface area contributed by atoms with Gasteiger partial charge in [0.05, 0.1) is 11.4 Å². The molecule has 0 bridgehead atoms. The Bertz CT molecular complexity index is 1200. The van der Waals surface area contributed by atoms with Crippen molar-refractivity contribution in [3.8, 4) is 22.4 Å². The Balaban J connectivity index is 2.03. The molecule has 0 saturated heterocycles. The first-order chi connectivity index (χ1) is 12.5. The number of aromatic nitrogens is 4. The predicted octanol–water partition coefficient (Wildman–Crippen LogP) is 4.51. The fourth-order valence-corrected chi connectivity index (χ4v) is 3.30. The summed E-state index contributed by atoms with van der Waals surface area (Å²) in [5, 5.41) is 3.97. The highest BCUT2D eigenvalue weighted by molar-refractivity contribution is 6.34. The molecule has 4 aromatic rings. The fourth-order valence-electron chi connectivity index (χ4n) is 2.88. The maximum absolute atomic E-state index is 13.8. The first kappa shape index (κ1) is 16.8. The zero-order valence-electron chi connectivity index (χ0n) is 13.4. The highest BCUT2D eigenvalue weighted by Crippen LogP contribution is 2.31. The average Bonchev–Trinajstić information content (AvgIpc) is 2.95. The van der Waals surface area contributed by atoms with E-state index in [1.807, 2.05) is 37.3 Å². The molecule has 0 fully saturated rings. The van der Waals surface area contributed by atoms with Gasteiger partial charge in [0.1, 0.15) is 10.8 Å². The second-order valence-corrected chi connectivity index (χ2v) is 6.42. The van der Waals surface area contributed by atoms with Crippen molar-refractivity contribution in [3.63, 3.8) is 0 Å². The van der Waals surface area contributed by atoms with Crippen molar-refractivity contribution in [2.75, 3.05) is 0 Å². The largest absolute Gasteiger partial charge is 0.339 e. The van der Waals surface area contributed by atoms with Gasteiger partial charge in [0.25, 0.3) is 5.56 Å². The first-order valence-electron chi connectivity index (χ1n) is 7.65. The van der Waals surface area contributed by atoms with E-state index in [2.05, 4.69) is 15.1 Å². The smallest absolute Gasteiger partial charge is 0.274 e. The molecule has 1 N–H and O–H groups in total. The summed E-state index contributed by atoms with van der Waals surface area (Å²) in [5.74, 6) is -0.722. The fraction of sp³-hybridized carbons (Fsp3) is 0.0556.